The predicted octanol–water partition coefficient (Wildman–Crippen LogP) is 1.78. The summed E-state index contributed by atoms with van der Waals surface area (Å²) in [6, 6.07) is 0.273. The maximum absolute atomic E-state index is 5.72. The molecule has 0 amide bonds. The summed E-state index contributed by atoms with van der Waals surface area (Å²) in [5.41, 5.74) is 0. The fourth-order valence-electron chi connectivity index (χ4n) is 1.37. The zero-order chi connectivity index (χ0) is 12.3. The van der Waals surface area contributed by atoms with Gasteiger partial charge < -0.3 is 5.32 Å². The van der Waals surface area contributed by atoms with Crippen molar-refractivity contribution in [1.29, 1.82) is 0 Å². The minimum absolute atomic E-state index is 0.123. The van der Waals surface area contributed by atoms with E-state index in [0.717, 1.165) is 0 Å². The Morgan fingerprint density at radius 1 is 1.29 bits per heavy atom. The highest BCUT2D eigenvalue weighted by molar-refractivity contribution is 6.30. The second-order valence-electron chi connectivity index (χ2n) is 3.77. The fourth-order valence-corrected chi connectivity index (χ4v) is 1.47. The third kappa shape index (κ3) is 2.91. The largest absolute Gasteiger partial charge is 0.350 e. The van der Waals surface area contributed by atoms with Gasteiger partial charge in [-0.15, -0.1) is 0 Å². The predicted molar refractivity (Wildman–Crippen MR) is 64.9 cm³/mol. The van der Waals surface area contributed by atoms with Crippen LogP contribution in [0.3, 0.4) is 0 Å². The molecule has 2 heterocycles. The van der Waals surface area contributed by atoms with E-state index in [2.05, 4.69) is 25.4 Å². The zero-order valence-corrected chi connectivity index (χ0v) is 10.3. The van der Waals surface area contributed by atoms with Crippen LogP contribution < -0.4 is 5.32 Å². The standard InChI is InChI=1S/C10H13ClN6/c1-7(8(2)17-6-12-5-15-17)16-10-13-3-9(11)4-14-10/h3-8H,1-2H3,(H,13,14,16)/t7-,8-/m1/s1. The molecule has 0 fully saturated rings. The van der Waals surface area contributed by atoms with Crippen LogP contribution in [0.4, 0.5) is 5.95 Å². The minimum atomic E-state index is 0.123. The summed E-state index contributed by atoms with van der Waals surface area (Å²) >= 11 is 5.72. The third-order valence-corrected chi connectivity index (χ3v) is 2.75. The smallest absolute Gasteiger partial charge is 0.222 e. The van der Waals surface area contributed by atoms with Crippen molar-refractivity contribution >= 4 is 17.5 Å². The Hall–Kier alpha value is -1.69. The zero-order valence-electron chi connectivity index (χ0n) is 9.58. The van der Waals surface area contributed by atoms with Crippen molar-refractivity contribution in [2.75, 3.05) is 5.32 Å². The lowest BCUT2D eigenvalue weighted by atomic mass is 10.2. The molecule has 7 heteroatoms. The van der Waals surface area contributed by atoms with Gasteiger partial charge in [0.25, 0.3) is 0 Å². The van der Waals surface area contributed by atoms with E-state index in [1.807, 2.05) is 13.8 Å². The summed E-state index contributed by atoms with van der Waals surface area (Å²) in [5, 5.41) is 7.81. The fraction of sp³-hybridized carbons (Fsp3) is 0.400. The van der Waals surface area contributed by atoms with Crippen LogP contribution in [0.1, 0.15) is 19.9 Å². The molecule has 2 rings (SSSR count). The second-order valence-corrected chi connectivity index (χ2v) is 4.21. The molecule has 0 aromatic carbocycles. The number of hydrogen-bond acceptors (Lipinski definition) is 5. The van der Waals surface area contributed by atoms with Crippen molar-refractivity contribution in [3.05, 3.63) is 30.1 Å². The molecule has 1 N–H and O–H groups in total. The van der Waals surface area contributed by atoms with E-state index in [1.165, 1.54) is 6.33 Å². The molecule has 0 bridgehead atoms. The van der Waals surface area contributed by atoms with Crippen molar-refractivity contribution in [3.63, 3.8) is 0 Å². The molecule has 90 valence electrons. The van der Waals surface area contributed by atoms with Crippen molar-refractivity contribution in [1.82, 2.24) is 24.7 Å². The Balaban J connectivity index is 2.01. The van der Waals surface area contributed by atoms with Crippen molar-refractivity contribution in [2.45, 2.75) is 25.9 Å². The van der Waals surface area contributed by atoms with E-state index in [-0.39, 0.29) is 12.1 Å². The summed E-state index contributed by atoms with van der Waals surface area (Å²) in [7, 11) is 0. The number of rotatable bonds is 4. The van der Waals surface area contributed by atoms with E-state index in [0.29, 0.717) is 11.0 Å². The first kappa shape index (κ1) is 11.8. The average Bonchev–Trinajstić information content (AvgIpc) is 2.84. The van der Waals surface area contributed by atoms with Gasteiger partial charge in [0.1, 0.15) is 12.7 Å². The lowest BCUT2D eigenvalue weighted by molar-refractivity contribution is 0.441. The Labute approximate surface area is 104 Å². The van der Waals surface area contributed by atoms with Crippen molar-refractivity contribution in [2.24, 2.45) is 0 Å². The highest BCUT2D eigenvalue weighted by Gasteiger charge is 2.15. The molecule has 0 spiro atoms. The summed E-state index contributed by atoms with van der Waals surface area (Å²) in [5.74, 6) is 0.550. The van der Waals surface area contributed by atoms with Crippen LogP contribution in [0.2, 0.25) is 5.02 Å². The molecule has 2 atom stereocenters. The monoisotopic (exact) mass is 252 g/mol. The lowest BCUT2D eigenvalue weighted by Gasteiger charge is -2.20. The van der Waals surface area contributed by atoms with Gasteiger partial charge in [-0.3, -0.25) is 0 Å². The highest BCUT2D eigenvalue weighted by Crippen LogP contribution is 2.13. The quantitative estimate of drug-likeness (QED) is 0.898. The van der Waals surface area contributed by atoms with E-state index in [9.17, 15) is 0 Å². The number of nitrogens with zero attached hydrogens (tertiary/aromatic N) is 5. The molecule has 0 saturated heterocycles. The third-order valence-electron chi connectivity index (χ3n) is 2.55. The molecule has 2 aromatic rings. The number of anilines is 1. The topological polar surface area (TPSA) is 68.5 Å². The molecule has 17 heavy (non-hydrogen) atoms. The summed E-state index contributed by atoms with van der Waals surface area (Å²) < 4.78 is 1.79. The van der Waals surface area contributed by atoms with Crippen molar-refractivity contribution in [3.8, 4) is 0 Å². The van der Waals surface area contributed by atoms with Crippen LogP contribution in [-0.4, -0.2) is 30.8 Å². The Morgan fingerprint density at radius 3 is 2.59 bits per heavy atom. The van der Waals surface area contributed by atoms with Crippen LogP contribution in [0, 0.1) is 0 Å². The van der Waals surface area contributed by atoms with Crippen LogP contribution >= 0.6 is 11.6 Å². The molecule has 0 aliphatic carbocycles. The first-order valence-electron chi connectivity index (χ1n) is 5.25. The van der Waals surface area contributed by atoms with Gasteiger partial charge in [-0.2, -0.15) is 5.10 Å². The van der Waals surface area contributed by atoms with Crippen LogP contribution in [-0.2, 0) is 0 Å². The molecule has 6 nitrogen and oxygen atoms in total. The van der Waals surface area contributed by atoms with E-state index in [1.54, 1.807) is 23.4 Å². The van der Waals surface area contributed by atoms with Gasteiger partial charge in [0.05, 0.1) is 23.5 Å². The van der Waals surface area contributed by atoms with Crippen LogP contribution in [0.5, 0.6) is 0 Å². The molecule has 0 unspecified atom stereocenters. The van der Waals surface area contributed by atoms with Crippen molar-refractivity contribution < 1.29 is 0 Å². The average molecular weight is 253 g/mol. The first-order valence-corrected chi connectivity index (χ1v) is 5.63. The summed E-state index contributed by atoms with van der Waals surface area (Å²) in [4.78, 5) is 12.1. The van der Waals surface area contributed by atoms with E-state index < -0.39 is 0 Å². The van der Waals surface area contributed by atoms with Gasteiger partial charge in [-0.1, -0.05) is 11.6 Å². The Morgan fingerprint density at radius 2 is 2.00 bits per heavy atom. The molecule has 0 radical (unpaired) electrons. The van der Waals surface area contributed by atoms with Crippen LogP contribution in [0.25, 0.3) is 0 Å². The van der Waals surface area contributed by atoms with Gasteiger partial charge in [0.2, 0.25) is 5.95 Å². The van der Waals surface area contributed by atoms with Gasteiger partial charge in [0.15, 0.2) is 0 Å². The highest BCUT2D eigenvalue weighted by atomic mass is 35.5. The Kier molecular flexibility index (Phi) is 3.53. The van der Waals surface area contributed by atoms with Gasteiger partial charge in [0, 0.05) is 6.04 Å². The minimum Gasteiger partial charge on any atom is -0.350 e. The molecule has 0 aliphatic rings. The number of hydrogen-bond donors (Lipinski definition) is 1. The normalized spacial score (nSPS) is 14.3. The van der Waals surface area contributed by atoms with Crippen LogP contribution in [0.15, 0.2) is 25.0 Å². The SMILES string of the molecule is C[C@H]([C@@H](C)Nc1ncc(Cl)cn1)n1cncn1. The molecular weight excluding hydrogens is 240 g/mol. The van der Waals surface area contributed by atoms with Gasteiger partial charge in [-0.05, 0) is 13.8 Å². The van der Waals surface area contributed by atoms with E-state index in [4.69, 9.17) is 11.6 Å². The first-order chi connectivity index (χ1) is 8.16. The number of halogens is 1. The number of nitrogens with one attached hydrogen (secondary N) is 1. The molecular formula is C10H13ClN6. The van der Waals surface area contributed by atoms with E-state index >= 15 is 0 Å². The Bertz CT molecular complexity index is 454. The lowest BCUT2D eigenvalue weighted by Crippen LogP contribution is -2.27. The maximum Gasteiger partial charge on any atom is 0.222 e. The molecule has 2 aromatic heterocycles. The second kappa shape index (κ2) is 5.09. The van der Waals surface area contributed by atoms with Gasteiger partial charge >= 0.3 is 0 Å². The molecule has 0 saturated carbocycles. The molecule has 0 aliphatic heterocycles. The maximum atomic E-state index is 5.72. The summed E-state index contributed by atoms with van der Waals surface area (Å²) in [6.45, 7) is 4.08. The van der Waals surface area contributed by atoms with Gasteiger partial charge in [-0.25, -0.2) is 19.6 Å². The number of aromatic nitrogens is 5. The summed E-state index contributed by atoms with van der Waals surface area (Å²) in [6.07, 6.45) is 6.32.